The van der Waals surface area contributed by atoms with E-state index in [1.54, 1.807) is 22.3 Å². The van der Waals surface area contributed by atoms with Gasteiger partial charge in [-0.15, -0.1) is 0 Å². The lowest BCUT2D eigenvalue weighted by Crippen LogP contribution is -2.41. The zero-order valence-corrected chi connectivity index (χ0v) is 49.3. The molecule has 2 heteroatoms. The van der Waals surface area contributed by atoms with Crippen LogP contribution in [0, 0.1) is 11.8 Å². The molecule has 12 aromatic carbocycles. The molecule has 0 saturated heterocycles. The third-order valence-electron chi connectivity index (χ3n) is 22.6. The summed E-state index contributed by atoms with van der Waals surface area (Å²) in [5, 5.41) is 5.18. The Kier molecular flexibility index (Phi) is 10.1. The molecule has 12 aromatic rings. The van der Waals surface area contributed by atoms with Crippen LogP contribution in [0.1, 0.15) is 155 Å². The summed E-state index contributed by atoms with van der Waals surface area (Å²) in [6.07, 6.45) is 5.23. The van der Waals surface area contributed by atoms with Gasteiger partial charge in [0.2, 0.25) is 0 Å². The molecule has 7 aliphatic carbocycles. The maximum atomic E-state index is 2.62. The molecule has 0 spiro atoms. The minimum Gasteiger partial charge on any atom is -0.310 e. The highest BCUT2D eigenvalue weighted by Crippen LogP contribution is 2.66. The second-order valence-electron chi connectivity index (χ2n) is 27.1. The molecule has 1 fully saturated rings. The standard InChI is InChI=1S/C84H66N2/c1-83(2)67-35-13-17-39-71(67)85(72-40-18-14-36-68(72)83)49-43-45-59-65(47-49)77(63-33-21-31-61-75-51-23-5-9-27-55(51)79(81(61)63)56-28-10-6-24-52(56)75)60-46-44-50(86-73-41-19-15-37-69(73)84(3,4)70-38-16-20-42-74(70)86)48-66(60)78(59)64-34-22-32-62-76-53-25-7-11-29-57(53)80(82(62)64)58-30-12-8-26-54(58)76/h5-7,9-11,13-25,27-29,31-48,54,58,75-76,79-80H,8,12,26,30H2,1-4H3. The Morgan fingerprint density at radius 3 is 1.13 bits per heavy atom. The minimum atomic E-state index is -0.186. The maximum absolute atomic E-state index is 2.62. The first-order valence-electron chi connectivity index (χ1n) is 31.8. The predicted octanol–water partition coefficient (Wildman–Crippen LogP) is 21.9. The van der Waals surface area contributed by atoms with Crippen LogP contribution in [0.4, 0.5) is 34.1 Å². The van der Waals surface area contributed by atoms with E-state index in [1.807, 2.05) is 0 Å². The molecule has 2 heterocycles. The van der Waals surface area contributed by atoms with E-state index >= 15 is 0 Å². The van der Waals surface area contributed by atoms with Gasteiger partial charge in [-0.05, 0) is 195 Å². The van der Waals surface area contributed by atoms with Crippen molar-refractivity contribution < 1.29 is 0 Å². The lowest BCUT2D eigenvalue weighted by Gasteiger charge is -2.53. The largest absolute Gasteiger partial charge is 0.310 e. The fraction of sp³-hybridized carbons (Fsp3) is 0.190. The van der Waals surface area contributed by atoms with E-state index in [-0.39, 0.29) is 22.7 Å². The van der Waals surface area contributed by atoms with Crippen molar-refractivity contribution in [2.75, 3.05) is 9.80 Å². The van der Waals surface area contributed by atoms with Crippen molar-refractivity contribution in [2.24, 2.45) is 11.8 Å². The Balaban J connectivity index is 0.965. The summed E-state index contributed by atoms with van der Waals surface area (Å²) < 4.78 is 0. The first kappa shape index (κ1) is 49.1. The Bertz CT molecular complexity index is 4770. The Morgan fingerprint density at radius 1 is 0.302 bits per heavy atom. The van der Waals surface area contributed by atoms with Crippen LogP contribution >= 0.6 is 0 Å². The van der Waals surface area contributed by atoms with Gasteiger partial charge in [0.25, 0.3) is 0 Å². The zero-order valence-electron chi connectivity index (χ0n) is 49.3. The van der Waals surface area contributed by atoms with Crippen molar-refractivity contribution in [3.05, 3.63) is 321 Å². The van der Waals surface area contributed by atoms with Crippen LogP contribution in [-0.2, 0) is 10.8 Å². The van der Waals surface area contributed by atoms with Crippen molar-refractivity contribution in [3.63, 3.8) is 0 Å². The van der Waals surface area contributed by atoms with Gasteiger partial charge >= 0.3 is 0 Å². The summed E-state index contributed by atoms with van der Waals surface area (Å²) >= 11 is 0. The van der Waals surface area contributed by atoms with Gasteiger partial charge in [0.15, 0.2) is 0 Å². The van der Waals surface area contributed by atoms with Crippen molar-refractivity contribution in [1.82, 2.24) is 0 Å². The third-order valence-corrected chi connectivity index (χ3v) is 22.6. The molecule has 0 aromatic heterocycles. The summed E-state index contributed by atoms with van der Waals surface area (Å²) in [6.45, 7) is 9.61. The molecule has 2 aliphatic heterocycles. The Labute approximate surface area is 505 Å². The van der Waals surface area contributed by atoms with Crippen LogP contribution < -0.4 is 9.80 Å². The average molecular weight is 1100 g/mol. The molecule has 1 saturated carbocycles. The number of rotatable bonds is 4. The zero-order chi connectivity index (χ0) is 56.9. The van der Waals surface area contributed by atoms with Crippen LogP contribution in [0.3, 0.4) is 0 Å². The quantitative estimate of drug-likeness (QED) is 0.162. The average Bonchev–Trinajstić information content (AvgIpc) is 0.804. The molecule has 2 nitrogen and oxygen atoms in total. The van der Waals surface area contributed by atoms with Gasteiger partial charge in [0, 0.05) is 45.9 Å². The van der Waals surface area contributed by atoms with E-state index in [4.69, 9.17) is 0 Å². The van der Waals surface area contributed by atoms with E-state index in [1.165, 1.54) is 159 Å². The normalized spacial score (nSPS) is 21.4. The summed E-state index contributed by atoms with van der Waals surface area (Å²) in [7, 11) is 0. The number of anilines is 6. The van der Waals surface area contributed by atoms with E-state index in [9.17, 15) is 0 Å². The van der Waals surface area contributed by atoms with Crippen molar-refractivity contribution >= 4 is 55.7 Å². The van der Waals surface area contributed by atoms with Crippen molar-refractivity contribution in [2.45, 2.75) is 87.9 Å². The molecule has 86 heavy (non-hydrogen) atoms. The molecule has 4 bridgehead atoms. The smallest absolute Gasteiger partial charge is 0.0502 e. The van der Waals surface area contributed by atoms with Crippen molar-refractivity contribution in [3.8, 4) is 22.3 Å². The highest BCUT2D eigenvalue weighted by Gasteiger charge is 2.51. The lowest BCUT2D eigenvalue weighted by molar-refractivity contribution is 0.163. The molecule has 0 amide bonds. The van der Waals surface area contributed by atoms with E-state index in [2.05, 4.69) is 280 Å². The van der Waals surface area contributed by atoms with E-state index in [0.717, 1.165) is 0 Å². The molecular weight excluding hydrogens is 1040 g/mol. The second kappa shape index (κ2) is 17.7. The highest BCUT2D eigenvalue weighted by atomic mass is 15.2. The monoisotopic (exact) mass is 1100 g/mol. The Morgan fingerprint density at radius 2 is 0.663 bits per heavy atom. The second-order valence-corrected chi connectivity index (χ2v) is 27.1. The number of hydrogen-bond donors (Lipinski definition) is 0. The van der Waals surface area contributed by atoms with Crippen LogP contribution in [-0.4, -0.2) is 0 Å². The van der Waals surface area contributed by atoms with E-state index < -0.39 is 0 Å². The summed E-state index contributed by atoms with van der Waals surface area (Å²) in [6, 6.07) is 95.1. The van der Waals surface area contributed by atoms with Gasteiger partial charge in [-0.25, -0.2) is 0 Å². The number of fused-ring (bicyclic) bond motifs is 6. The van der Waals surface area contributed by atoms with Gasteiger partial charge in [0.1, 0.15) is 0 Å². The van der Waals surface area contributed by atoms with E-state index in [0.29, 0.717) is 23.7 Å². The van der Waals surface area contributed by atoms with Crippen LogP contribution in [0.15, 0.2) is 243 Å². The first-order valence-corrected chi connectivity index (χ1v) is 31.8. The molecule has 21 rings (SSSR count). The lowest BCUT2D eigenvalue weighted by atomic mass is 9.50. The van der Waals surface area contributed by atoms with Crippen LogP contribution in [0.5, 0.6) is 0 Å². The summed E-state index contributed by atoms with van der Waals surface area (Å²) in [5.74, 6) is 2.22. The maximum Gasteiger partial charge on any atom is 0.0502 e. The highest BCUT2D eigenvalue weighted by molar-refractivity contribution is 6.23. The fourth-order valence-corrected chi connectivity index (χ4v) is 19.1. The van der Waals surface area contributed by atoms with Gasteiger partial charge in [-0.3, -0.25) is 0 Å². The Hall–Kier alpha value is -9.24. The van der Waals surface area contributed by atoms with Gasteiger partial charge in [0.05, 0.1) is 22.7 Å². The molecule has 9 aliphatic rings. The topological polar surface area (TPSA) is 6.48 Å². The molecule has 0 radical (unpaired) electrons. The fourth-order valence-electron chi connectivity index (χ4n) is 19.1. The SMILES string of the molecule is CC1(C)c2ccccc2N(c2ccc3c(-c4cccc5c4C4c6ccccc6C5C5CCCCC45)c4cc(N5c6ccccc6C(C)(C)c6ccccc65)ccc4c(-c4cccc5c4C4c6ccccc6C5c5ccccc54)c3c2)c2ccccc21. The van der Waals surface area contributed by atoms with Gasteiger partial charge < -0.3 is 9.80 Å². The van der Waals surface area contributed by atoms with Crippen LogP contribution in [0.25, 0.3) is 43.8 Å². The van der Waals surface area contributed by atoms with Crippen LogP contribution in [0.2, 0.25) is 0 Å². The van der Waals surface area contributed by atoms with Gasteiger partial charge in [-0.1, -0.05) is 235 Å². The number of para-hydroxylation sites is 4. The molecule has 412 valence electrons. The van der Waals surface area contributed by atoms with Gasteiger partial charge in [-0.2, -0.15) is 0 Å². The molecule has 0 N–H and O–H groups in total. The summed E-state index contributed by atoms with van der Waals surface area (Å²) in [5.41, 5.74) is 32.6. The number of nitrogens with zero attached hydrogens (tertiary/aromatic N) is 2. The molecule has 4 unspecified atom stereocenters. The first-order chi connectivity index (χ1) is 42.3. The molecular formula is C84H66N2. The summed E-state index contributed by atoms with van der Waals surface area (Å²) in [4.78, 5) is 5.17. The number of hydrogen-bond acceptors (Lipinski definition) is 2. The van der Waals surface area contributed by atoms with Crippen molar-refractivity contribution in [1.29, 1.82) is 0 Å². The molecule has 4 atom stereocenters. The number of benzene rings is 12. The predicted molar refractivity (Wildman–Crippen MR) is 356 cm³/mol. The minimum absolute atomic E-state index is 0.0822. The third kappa shape index (κ3) is 6.37.